The largest absolute Gasteiger partial charge is 0.338 e. The van der Waals surface area contributed by atoms with Gasteiger partial charge >= 0.3 is 0 Å². The topological polar surface area (TPSA) is 49.6 Å². The Morgan fingerprint density at radius 1 is 1.47 bits per heavy atom. The van der Waals surface area contributed by atoms with Crippen molar-refractivity contribution < 1.29 is 4.79 Å². The van der Waals surface area contributed by atoms with Crippen LogP contribution >= 0.6 is 0 Å². The Bertz CT molecular complexity index is 240. The Hall–Kier alpha value is -0.610. The lowest BCUT2D eigenvalue weighted by Crippen LogP contribution is -2.41. The molecule has 0 bridgehead atoms. The summed E-state index contributed by atoms with van der Waals surface area (Å²) in [5, 5.41) is 0. The van der Waals surface area contributed by atoms with Gasteiger partial charge in [-0.3, -0.25) is 4.79 Å². The van der Waals surface area contributed by atoms with Crippen LogP contribution in [0.15, 0.2) is 0 Å². The lowest BCUT2D eigenvalue weighted by molar-refractivity contribution is -0.130. The molecule has 2 aliphatic rings. The van der Waals surface area contributed by atoms with Crippen molar-refractivity contribution in [2.75, 3.05) is 33.2 Å². The Morgan fingerprint density at radius 3 is 2.67 bits per heavy atom. The van der Waals surface area contributed by atoms with Gasteiger partial charge in [0.15, 0.2) is 0 Å². The molecule has 1 saturated carbocycles. The zero-order valence-electron chi connectivity index (χ0n) is 9.48. The summed E-state index contributed by atoms with van der Waals surface area (Å²) in [7, 11) is 2.15. The predicted octanol–water partition coefficient (Wildman–Crippen LogP) is -0.112. The summed E-state index contributed by atoms with van der Waals surface area (Å²) in [6.07, 6.45) is 3.57. The highest BCUT2D eigenvalue weighted by atomic mass is 16.2. The van der Waals surface area contributed by atoms with Gasteiger partial charge in [0, 0.05) is 19.1 Å². The minimum Gasteiger partial charge on any atom is -0.338 e. The highest BCUT2D eigenvalue weighted by Gasteiger charge is 2.34. The van der Waals surface area contributed by atoms with Gasteiger partial charge in [-0.2, -0.15) is 0 Å². The zero-order valence-corrected chi connectivity index (χ0v) is 9.48. The first-order valence-electron chi connectivity index (χ1n) is 5.88. The maximum Gasteiger partial charge on any atom is 0.236 e. The molecule has 1 amide bonds. The van der Waals surface area contributed by atoms with Gasteiger partial charge in [0.05, 0.1) is 6.54 Å². The van der Waals surface area contributed by atoms with E-state index in [0.717, 1.165) is 13.1 Å². The fourth-order valence-electron chi connectivity index (χ4n) is 2.41. The molecule has 0 spiro atoms. The second kappa shape index (κ2) is 4.49. The average molecular weight is 211 g/mol. The van der Waals surface area contributed by atoms with Crippen LogP contribution in [0.5, 0.6) is 0 Å². The van der Waals surface area contributed by atoms with Crippen molar-refractivity contribution in [1.82, 2.24) is 9.80 Å². The Labute approximate surface area is 91.4 Å². The zero-order chi connectivity index (χ0) is 10.8. The molecule has 1 saturated heterocycles. The molecule has 4 heteroatoms. The van der Waals surface area contributed by atoms with Crippen LogP contribution in [0, 0.1) is 5.92 Å². The van der Waals surface area contributed by atoms with Crippen LogP contribution in [0.1, 0.15) is 19.3 Å². The molecule has 2 N–H and O–H groups in total. The molecule has 2 fully saturated rings. The van der Waals surface area contributed by atoms with E-state index in [9.17, 15) is 4.79 Å². The molecule has 1 aliphatic carbocycles. The molecule has 2 rings (SSSR count). The molecule has 1 atom stereocenters. The molecule has 4 nitrogen and oxygen atoms in total. The molecule has 0 aromatic carbocycles. The van der Waals surface area contributed by atoms with Gasteiger partial charge in [-0.05, 0) is 38.8 Å². The van der Waals surface area contributed by atoms with Crippen molar-refractivity contribution in [3.63, 3.8) is 0 Å². The van der Waals surface area contributed by atoms with Gasteiger partial charge < -0.3 is 15.5 Å². The third-order valence-corrected chi connectivity index (χ3v) is 3.43. The SMILES string of the molecule is CN1CCC(CN(C(=O)CN)C2CC2)C1. The second-order valence-electron chi connectivity index (χ2n) is 4.90. The third kappa shape index (κ3) is 2.69. The van der Waals surface area contributed by atoms with E-state index in [1.54, 1.807) is 0 Å². The fraction of sp³-hybridized carbons (Fsp3) is 0.909. The predicted molar refractivity (Wildman–Crippen MR) is 59.4 cm³/mol. The van der Waals surface area contributed by atoms with Gasteiger partial charge in [-0.1, -0.05) is 0 Å². The molecule has 0 radical (unpaired) electrons. The van der Waals surface area contributed by atoms with Crippen molar-refractivity contribution in [3.05, 3.63) is 0 Å². The normalized spacial score (nSPS) is 26.9. The van der Waals surface area contributed by atoms with E-state index in [4.69, 9.17) is 5.73 Å². The Kier molecular flexibility index (Phi) is 3.26. The lowest BCUT2D eigenvalue weighted by atomic mass is 10.1. The molecule has 1 unspecified atom stereocenters. The van der Waals surface area contributed by atoms with Gasteiger partial charge in [0.1, 0.15) is 0 Å². The number of hydrogen-bond acceptors (Lipinski definition) is 3. The highest BCUT2D eigenvalue weighted by Crippen LogP contribution is 2.29. The Balaban J connectivity index is 1.86. The molecule has 0 aromatic heterocycles. The summed E-state index contributed by atoms with van der Waals surface area (Å²) in [6.45, 7) is 3.38. The minimum atomic E-state index is 0.132. The average Bonchev–Trinajstić information content (AvgIpc) is 2.98. The first kappa shape index (κ1) is 10.9. The summed E-state index contributed by atoms with van der Waals surface area (Å²) < 4.78 is 0. The van der Waals surface area contributed by atoms with Crippen molar-refractivity contribution in [2.24, 2.45) is 11.7 Å². The summed E-state index contributed by atoms with van der Waals surface area (Å²) in [6, 6.07) is 0.506. The van der Waals surface area contributed by atoms with E-state index in [1.807, 2.05) is 4.90 Å². The smallest absolute Gasteiger partial charge is 0.236 e. The van der Waals surface area contributed by atoms with Crippen LogP contribution in [0.3, 0.4) is 0 Å². The van der Waals surface area contributed by atoms with Crippen molar-refractivity contribution in [2.45, 2.75) is 25.3 Å². The summed E-state index contributed by atoms with van der Waals surface area (Å²) in [5.41, 5.74) is 5.44. The van der Waals surface area contributed by atoms with Crippen molar-refractivity contribution in [1.29, 1.82) is 0 Å². The van der Waals surface area contributed by atoms with Crippen LogP contribution in [-0.4, -0.2) is 55.0 Å². The molecule has 0 aromatic rings. The maximum absolute atomic E-state index is 11.7. The number of carbonyl (C=O) groups excluding carboxylic acids is 1. The lowest BCUT2D eigenvalue weighted by Gasteiger charge is -2.25. The van der Waals surface area contributed by atoms with Gasteiger partial charge in [-0.15, -0.1) is 0 Å². The molecular weight excluding hydrogens is 190 g/mol. The Morgan fingerprint density at radius 2 is 2.20 bits per heavy atom. The van der Waals surface area contributed by atoms with E-state index < -0.39 is 0 Å². The van der Waals surface area contributed by atoms with Gasteiger partial charge in [-0.25, -0.2) is 0 Å². The van der Waals surface area contributed by atoms with E-state index in [0.29, 0.717) is 12.0 Å². The summed E-state index contributed by atoms with van der Waals surface area (Å²) in [4.78, 5) is 16.0. The molecule has 86 valence electrons. The quantitative estimate of drug-likeness (QED) is 0.706. The van der Waals surface area contributed by atoms with Crippen molar-refractivity contribution in [3.8, 4) is 0 Å². The van der Waals surface area contributed by atoms with E-state index in [1.165, 1.54) is 25.8 Å². The summed E-state index contributed by atoms with van der Waals surface area (Å²) in [5.74, 6) is 0.790. The van der Waals surface area contributed by atoms with Crippen molar-refractivity contribution >= 4 is 5.91 Å². The number of hydrogen-bond donors (Lipinski definition) is 1. The number of likely N-dealkylation sites (tertiary alicyclic amines) is 1. The molecule has 1 heterocycles. The molecular formula is C11H21N3O. The molecule has 1 aliphatic heterocycles. The van der Waals surface area contributed by atoms with Gasteiger partial charge in [0.2, 0.25) is 5.91 Å². The first-order chi connectivity index (χ1) is 7.20. The van der Waals surface area contributed by atoms with E-state index in [-0.39, 0.29) is 12.5 Å². The number of nitrogens with zero attached hydrogens (tertiary/aromatic N) is 2. The standard InChI is InChI=1S/C11H21N3O/c1-13-5-4-9(7-13)8-14(10-2-3-10)11(15)6-12/h9-10H,2-8,12H2,1H3. The monoisotopic (exact) mass is 211 g/mol. The number of amides is 1. The number of carbonyl (C=O) groups is 1. The second-order valence-corrected chi connectivity index (χ2v) is 4.90. The maximum atomic E-state index is 11.7. The fourth-order valence-corrected chi connectivity index (χ4v) is 2.41. The van der Waals surface area contributed by atoms with Crippen LogP contribution in [0.2, 0.25) is 0 Å². The molecule has 15 heavy (non-hydrogen) atoms. The number of nitrogens with two attached hydrogens (primary N) is 1. The number of rotatable bonds is 4. The van der Waals surface area contributed by atoms with E-state index in [2.05, 4.69) is 11.9 Å². The van der Waals surface area contributed by atoms with Crippen LogP contribution in [0.25, 0.3) is 0 Å². The van der Waals surface area contributed by atoms with Crippen LogP contribution < -0.4 is 5.73 Å². The van der Waals surface area contributed by atoms with E-state index >= 15 is 0 Å². The van der Waals surface area contributed by atoms with Crippen LogP contribution in [0.4, 0.5) is 0 Å². The summed E-state index contributed by atoms with van der Waals surface area (Å²) >= 11 is 0. The minimum absolute atomic E-state index is 0.132. The van der Waals surface area contributed by atoms with Crippen LogP contribution in [-0.2, 0) is 4.79 Å². The van der Waals surface area contributed by atoms with Gasteiger partial charge in [0.25, 0.3) is 0 Å². The first-order valence-corrected chi connectivity index (χ1v) is 5.88. The highest BCUT2D eigenvalue weighted by molar-refractivity contribution is 5.78. The third-order valence-electron chi connectivity index (χ3n) is 3.43.